The molecule has 0 spiro atoms. The average molecular weight is 308 g/mol. The number of hydrogen-bond donors (Lipinski definition) is 1. The van der Waals surface area contributed by atoms with Crippen molar-refractivity contribution < 1.29 is 0 Å². The van der Waals surface area contributed by atoms with Crippen molar-refractivity contribution in [1.29, 1.82) is 0 Å². The molecule has 4 saturated carbocycles. The summed E-state index contributed by atoms with van der Waals surface area (Å²) in [5, 5.41) is 13.0. The zero-order valence-electron chi connectivity index (χ0n) is 13.5. The molecule has 2 aromatic rings. The van der Waals surface area contributed by atoms with Gasteiger partial charge in [-0.05, 0) is 68.4 Å². The van der Waals surface area contributed by atoms with Gasteiger partial charge in [0.05, 0.1) is 17.6 Å². The normalized spacial score (nSPS) is 34.9. The lowest BCUT2D eigenvalue weighted by atomic mass is 9.53. The number of benzene rings is 1. The SMILES string of the molecule is c1ccc(-n2ncc(CNC34CC5CC(CC(C5)C3)C4)n2)cc1. The molecule has 4 fully saturated rings. The molecule has 0 saturated heterocycles. The van der Waals surface area contributed by atoms with Gasteiger partial charge in [-0.2, -0.15) is 15.0 Å². The van der Waals surface area contributed by atoms with Gasteiger partial charge in [0.1, 0.15) is 0 Å². The van der Waals surface area contributed by atoms with Crippen molar-refractivity contribution in [2.75, 3.05) is 0 Å². The van der Waals surface area contributed by atoms with E-state index in [1.165, 1.54) is 38.5 Å². The molecular formula is C19H24N4. The Labute approximate surface area is 137 Å². The minimum Gasteiger partial charge on any atom is -0.305 e. The summed E-state index contributed by atoms with van der Waals surface area (Å²) in [6.07, 6.45) is 10.5. The van der Waals surface area contributed by atoms with Gasteiger partial charge in [-0.15, -0.1) is 0 Å². The zero-order valence-corrected chi connectivity index (χ0v) is 13.5. The fourth-order valence-corrected chi connectivity index (χ4v) is 5.67. The summed E-state index contributed by atoms with van der Waals surface area (Å²) in [5.41, 5.74) is 2.46. The van der Waals surface area contributed by atoms with Crippen LogP contribution < -0.4 is 5.32 Å². The summed E-state index contributed by atoms with van der Waals surface area (Å²) >= 11 is 0. The van der Waals surface area contributed by atoms with E-state index in [0.717, 1.165) is 35.7 Å². The van der Waals surface area contributed by atoms with Crippen molar-refractivity contribution in [1.82, 2.24) is 20.3 Å². The Hall–Kier alpha value is -1.68. The Balaban J connectivity index is 1.29. The molecule has 4 heteroatoms. The topological polar surface area (TPSA) is 42.7 Å². The first kappa shape index (κ1) is 13.7. The van der Waals surface area contributed by atoms with E-state index in [9.17, 15) is 0 Å². The van der Waals surface area contributed by atoms with Crippen LogP contribution in [0.15, 0.2) is 36.5 Å². The molecule has 0 aliphatic heterocycles. The van der Waals surface area contributed by atoms with Gasteiger partial charge in [-0.1, -0.05) is 18.2 Å². The maximum atomic E-state index is 4.64. The number of nitrogens with zero attached hydrogens (tertiary/aromatic N) is 3. The predicted octanol–water partition coefficient (Wildman–Crippen LogP) is 3.33. The highest BCUT2D eigenvalue weighted by molar-refractivity contribution is 5.28. The fourth-order valence-electron chi connectivity index (χ4n) is 5.67. The predicted molar refractivity (Wildman–Crippen MR) is 89.1 cm³/mol. The maximum Gasteiger partial charge on any atom is 0.0969 e. The summed E-state index contributed by atoms with van der Waals surface area (Å²) in [6, 6.07) is 10.1. The van der Waals surface area contributed by atoms with Crippen LogP contribution >= 0.6 is 0 Å². The molecule has 4 nitrogen and oxygen atoms in total. The number of para-hydroxylation sites is 1. The summed E-state index contributed by atoms with van der Waals surface area (Å²) < 4.78 is 0. The fraction of sp³-hybridized carbons (Fsp3) is 0.579. The number of hydrogen-bond acceptors (Lipinski definition) is 3. The zero-order chi connectivity index (χ0) is 15.3. The molecule has 23 heavy (non-hydrogen) atoms. The maximum absolute atomic E-state index is 4.64. The van der Waals surface area contributed by atoms with Crippen LogP contribution in [0, 0.1) is 17.8 Å². The molecular weight excluding hydrogens is 284 g/mol. The Morgan fingerprint density at radius 1 is 1.00 bits per heavy atom. The molecule has 0 unspecified atom stereocenters. The molecule has 1 aromatic carbocycles. The van der Waals surface area contributed by atoms with E-state index in [2.05, 4.69) is 15.5 Å². The Bertz CT molecular complexity index is 655. The minimum absolute atomic E-state index is 0.394. The van der Waals surface area contributed by atoms with E-state index < -0.39 is 0 Å². The second kappa shape index (κ2) is 5.17. The van der Waals surface area contributed by atoms with Gasteiger partial charge in [0, 0.05) is 12.1 Å². The van der Waals surface area contributed by atoms with Gasteiger partial charge >= 0.3 is 0 Å². The molecule has 1 N–H and O–H groups in total. The van der Waals surface area contributed by atoms with E-state index in [-0.39, 0.29) is 0 Å². The van der Waals surface area contributed by atoms with Crippen LogP contribution in [-0.2, 0) is 6.54 Å². The van der Waals surface area contributed by atoms with E-state index in [1.807, 2.05) is 36.5 Å². The van der Waals surface area contributed by atoms with Crippen molar-refractivity contribution >= 4 is 0 Å². The third-order valence-corrected chi connectivity index (χ3v) is 6.21. The lowest BCUT2D eigenvalue weighted by molar-refractivity contribution is -0.0207. The lowest BCUT2D eigenvalue weighted by Crippen LogP contribution is -2.58. The van der Waals surface area contributed by atoms with E-state index in [0.29, 0.717) is 5.54 Å². The molecule has 1 heterocycles. The molecule has 0 radical (unpaired) electrons. The number of rotatable bonds is 4. The van der Waals surface area contributed by atoms with Gasteiger partial charge in [0.25, 0.3) is 0 Å². The Morgan fingerprint density at radius 3 is 2.30 bits per heavy atom. The van der Waals surface area contributed by atoms with Crippen molar-refractivity contribution in [2.45, 2.75) is 50.6 Å². The van der Waals surface area contributed by atoms with E-state index >= 15 is 0 Å². The highest BCUT2D eigenvalue weighted by atomic mass is 15.5. The average Bonchev–Trinajstić information content (AvgIpc) is 3.02. The van der Waals surface area contributed by atoms with Gasteiger partial charge in [0.2, 0.25) is 0 Å². The van der Waals surface area contributed by atoms with Gasteiger partial charge in [-0.3, -0.25) is 0 Å². The first-order valence-corrected chi connectivity index (χ1v) is 9.00. The minimum atomic E-state index is 0.394. The summed E-state index contributed by atoms with van der Waals surface area (Å²) in [6.45, 7) is 0.846. The second-order valence-corrected chi connectivity index (χ2v) is 8.01. The molecule has 120 valence electrons. The van der Waals surface area contributed by atoms with Crippen molar-refractivity contribution in [3.05, 3.63) is 42.2 Å². The summed E-state index contributed by atoms with van der Waals surface area (Å²) in [4.78, 5) is 1.73. The molecule has 0 atom stereocenters. The van der Waals surface area contributed by atoms with Gasteiger partial charge in [0.15, 0.2) is 0 Å². The van der Waals surface area contributed by atoms with E-state index in [4.69, 9.17) is 0 Å². The van der Waals surface area contributed by atoms with Crippen LogP contribution in [0.5, 0.6) is 0 Å². The third kappa shape index (κ3) is 2.49. The largest absolute Gasteiger partial charge is 0.305 e. The molecule has 4 aliphatic carbocycles. The monoisotopic (exact) mass is 308 g/mol. The summed E-state index contributed by atoms with van der Waals surface area (Å²) in [7, 11) is 0. The number of aromatic nitrogens is 3. The van der Waals surface area contributed by atoms with Crippen LogP contribution in [0.4, 0.5) is 0 Å². The van der Waals surface area contributed by atoms with Gasteiger partial charge < -0.3 is 5.32 Å². The summed E-state index contributed by atoms with van der Waals surface area (Å²) in [5.74, 6) is 2.94. The van der Waals surface area contributed by atoms with Crippen LogP contribution in [0.1, 0.15) is 44.2 Å². The van der Waals surface area contributed by atoms with Crippen molar-refractivity contribution in [3.8, 4) is 5.69 Å². The standard InChI is InChI=1S/C19H24N4/c1-2-4-18(5-3-1)23-21-13-17(22-23)12-20-19-9-14-6-15(10-19)8-16(7-14)11-19/h1-5,13-16,20H,6-12H2. The first-order valence-electron chi connectivity index (χ1n) is 9.00. The first-order chi connectivity index (χ1) is 11.3. The van der Waals surface area contributed by atoms with Crippen molar-refractivity contribution in [3.63, 3.8) is 0 Å². The molecule has 0 amide bonds. The molecule has 4 bridgehead atoms. The Kier molecular flexibility index (Phi) is 3.08. The second-order valence-electron chi connectivity index (χ2n) is 8.01. The lowest BCUT2D eigenvalue weighted by Gasteiger charge is -2.57. The van der Waals surface area contributed by atoms with E-state index in [1.54, 1.807) is 4.80 Å². The molecule has 1 aromatic heterocycles. The molecule has 4 aliphatic rings. The van der Waals surface area contributed by atoms with Crippen LogP contribution in [0.3, 0.4) is 0 Å². The van der Waals surface area contributed by atoms with Crippen LogP contribution in [0.2, 0.25) is 0 Å². The van der Waals surface area contributed by atoms with Crippen LogP contribution in [0.25, 0.3) is 5.69 Å². The highest BCUT2D eigenvalue weighted by Crippen LogP contribution is 2.55. The Morgan fingerprint density at radius 2 is 1.65 bits per heavy atom. The third-order valence-electron chi connectivity index (χ3n) is 6.21. The van der Waals surface area contributed by atoms with Crippen LogP contribution in [-0.4, -0.2) is 20.5 Å². The smallest absolute Gasteiger partial charge is 0.0969 e. The molecule has 6 rings (SSSR count). The number of nitrogens with one attached hydrogen (secondary N) is 1. The quantitative estimate of drug-likeness (QED) is 0.942. The van der Waals surface area contributed by atoms with Gasteiger partial charge in [-0.25, -0.2) is 0 Å². The highest BCUT2D eigenvalue weighted by Gasteiger charge is 2.50. The van der Waals surface area contributed by atoms with Crippen molar-refractivity contribution in [2.24, 2.45) is 17.8 Å².